The van der Waals surface area contributed by atoms with Gasteiger partial charge in [-0.2, -0.15) is 16.7 Å². The number of nitrogens with zero attached hydrogens (tertiary/aromatic N) is 2. The Kier molecular flexibility index (Phi) is 5.11. The predicted octanol–water partition coefficient (Wildman–Crippen LogP) is 2.86. The van der Waals surface area contributed by atoms with Gasteiger partial charge < -0.3 is 15.2 Å². The summed E-state index contributed by atoms with van der Waals surface area (Å²) in [4.78, 5) is 17.7. The average molecular weight is 360 g/mol. The van der Waals surface area contributed by atoms with Crippen LogP contribution in [0.15, 0.2) is 10.6 Å². The maximum atomic E-state index is 12.3. The molecule has 1 aliphatic rings. The van der Waals surface area contributed by atoms with Crippen LogP contribution in [0.4, 0.5) is 13.6 Å². The zero-order valence-electron chi connectivity index (χ0n) is 12.0. The first-order valence-electron chi connectivity index (χ1n) is 6.92. The first kappa shape index (κ1) is 16.2. The van der Waals surface area contributed by atoms with E-state index in [1.54, 1.807) is 11.3 Å². The van der Waals surface area contributed by atoms with E-state index in [4.69, 9.17) is 0 Å². The number of rotatable bonds is 5. The number of hydrogen-bond acceptors (Lipinski definition) is 6. The Hall–Kier alpha value is -1.68. The molecule has 0 aromatic carbocycles. The van der Waals surface area contributed by atoms with Crippen molar-refractivity contribution >= 4 is 29.1 Å². The molecule has 3 rings (SSSR count). The van der Waals surface area contributed by atoms with Crippen molar-refractivity contribution in [2.75, 3.05) is 5.75 Å². The number of urea groups is 1. The first-order chi connectivity index (χ1) is 11.1. The van der Waals surface area contributed by atoms with Crippen LogP contribution < -0.4 is 10.6 Å². The maximum Gasteiger partial charge on any atom is 0.315 e. The molecule has 124 valence electrons. The van der Waals surface area contributed by atoms with Gasteiger partial charge in [0.25, 0.3) is 0 Å². The molecule has 2 aromatic rings. The number of aromatic nitrogens is 2. The molecule has 2 amide bonds. The quantitative estimate of drug-likeness (QED) is 0.857. The summed E-state index contributed by atoms with van der Waals surface area (Å²) in [5, 5.41) is 8.33. The molecule has 10 heteroatoms. The largest absolute Gasteiger partial charge is 0.337 e. The lowest BCUT2D eigenvalue weighted by Crippen LogP contribution is -2.34. The molecule has 6 nitrogen and oxygen atoms in total. The van der Waals surface area contributed by atoms with Gasteiger partial charge in [0.1, 0.15) is 0 Å². The zero-order chi connectivity index (χ0) is 16.2. The van der Waals surface area contributed by atoms with E-state index in [0.29, 0.717) is 6.54 Å². The Morgan fingerprint density at radius 2 is 2.22 bits per heavy atom. The van der Waals surface area contributed by atoms with Gasteiger partial charge >= 0.3 is 12.5 Å². The number of thioether (sulfide) groups is 1. The Morgan fingerprint density at radius 1 is 1.39 bits per heavy atom. The van der Waals surface area contributed by atoms with E-state index in [-0.39, 0.29) is 12.4 Å². The number of amides is 2. The van der Waals surface area contributed by atoms with Crippen molar-refractivity contribution in [3.8, 4) is 0 Å². The third-order valence-electron chi connectivity index (χ3n) is 3.18. The molecule has 0 atom stereocenters. The molecular weight excluding hydrogens is 346 g/mol. The number of fused-ring (bicyclic) bond motifs is 1. The first-order valence-corrected chi connectivity index (χ1v) is 8.89. The molecule has 1 aliphatic heterocycles. The second kappa shape index (κ2) is 7.26. The van der Waals surface area contributed by atoms with Crippen molar-refractivity contribution in [2.45, 2.75) is 31.7 Å². The maximum absolute atomic E-state index is 12.3. The minimum atomic E-state index is -2.79. The Bertz CT molecular complexity index is 666. The van der Waals surface area contributed by atoms with E-state index < -0.39 is 18.3 Å². The van der Waals surface area contributed by atoms with E-state index >= 15 is 0 Å². The summed E-state index contributed by atoms with van der Waals surface area (Å²) in [5.74, 6) is 1.44. The number of hydrogen-bond donors (Lipinski definition) is 2. The third kappa shape index (κ3) is 4.20. The minimum absolute atomic E-state index is 0.0564. The summed E-state index contributed by atoms with van der Waals surface area (Å²) in [6, 6.07) is 1.71. The van der Waals surface area contributed by atoms with Crippen molar-refractivity contribution in [3.63, 3.8) is 0 Å². The Labute approximate surface area is 139 Å². The number of carbonyl (C=O) groups excluding carboxylic acids is 1. The molecule has 0 bridgehead atoms. The lowest BCUT2D eigenvalue weighted by Gasteiger charge is -2.08. The van der Waals surface area contributed by atoms with Gasteiger partial charge in [0.15, 0.2) is 0 Å². The van der Waals surface area contributed by atoms with Crippen molar-refractivity contribution < 1.29 is 18.1 Å². The summed E-state index contributed by atoms with van der Waals surface area (Å²) in [5.41, 5.74) is 1.36. The highest BCUT2D eigenvalue weighted by Crippen LogP contribution is 2.31. The molecular formula is C13H14F2N4O2S2. The average Bonchev–Trinajstić information content (AvgIpc) is 3.17. The topological polar surface area (TPSA) is 80.1 Å². The molecule has 0 fully saturated rings. The highest BCUT2D eigenvalue weighted by molar-refractivity contribution is 7.98. The highest BCUT2D eigenvalue weighted by Gasteiger charge is 2.16. The minimum Gasteiger partial charge on any atom is -0.337 e. The fourth-order valence-corrected chi connectivity index (χ4v) is 4.43. The van der Waals surface area contributed by atoms with E-state index in [1.807, 2.05) is 11.8 Å². The molecule has 3 heterocycles. The molecule has 0 spiro atoms. The highest BCUT2D eigenvalue weighted by atomic mass is 32.2. The van der Waals surface area contributed by atoms with Crippen molar-refractivity contribution in [1.29, 1.82) is 0 Å². The monoisotopic (exact) mass is 360 g/mol. The van der Waals surface area contributed by atoms with Crippen LogP contribution in [0.2, 0.25) is 0 Å². The second-order valence-corrected chi connectivity index (χ2v) is 7.17. The van der Waals surface area contributed by atoms with Crippen LogP contribution in [0.1, 0.15) is 33.5 Å². The van der Waals surface area contributed by atoms with E-state index in [9.17, 15) is 13.6 Å². The molecule has 0 saturated carbocycles. The third-order valence-corrected chi connectivity index (χ3v) is 5.43. The normalized spacial score (nSPS) is 13.9. The summed E-state index contributed by atoms with van der Waals surface area (Å²) in [6.07, 6.45) is -1.70. The van der Waals surface area contributed by atoms with Gasteiger partial charge in [-0.05, 0) is 23.8 Å². The summed E-state index contributed by atoms with van der Waals surface area (Å²) >= 11 is 3.63. The summed E-state index contributed by atoms with van der Waals surface area (Å²) in [7, 11) is 0. The standard InChI is InChI=1S/C13H14F2N4O2S2/c14-11(15)12-18-10(21-19-12)5-17-13(20)16-4-8-3-7-6-22-2-1-9(7)23-8/h3,11H,1-2,4-6H2,(H2,16,17,20). The fraction of sp³-hybridized carbons (Fsp3) is 0.462. The number of halogens is 2. The number of carbonyl (C=O) groups is 1. The van der Waals surface area contributed by atoms with Gasteiger partial charge in [-0.1, -0.05) is 5.16 Å². The van der Waals surface area contributed by atoms with E-state index in [1.165, 1.54) is 10.4 Å². The van der Waals surface area contributed by atoms with E-state index in [2.05, 4.69) is 31.4 Å². The lowest BCUT2D eigenvalue weighted by atomic mass is 10.2. The van der Waals surface area contributed by atoms with Crippen LogP contribution >= 0.6 is 23.1 Å². The van der Waals surface area contributed by atoms with Crippen LogP contribution in [-0.4, -0.2) is 21.9 Å². The molecule has 0 aliphatic carbocycles. The fourth-order valence-electron chi connectivity index (χ4n) is 2.11. The Balaban J connectivity index is 1.45. The van der Waals surface area contributed by atoms with Crippen LogP contribution in [0.5, 0.6) is 0 Å². The smallest absolute Gasteiger partial charge is 0.315 e. The summed E-state index contributed by atoms with van der Waals surface area (Å²) in [6.45, 7) is 0.337. The number of aryl methyl sites for hydroxylation is 1. The number of thiophene rings is 1. The molecule has 2 aromatic heterocycles. The second-order valence-electron chi connectivity index (χ2n) is 4.85. The zero-order valence-corrected chi connectivity index (χ0v) is 13.6. The predicted molar refractivity (Wildman–Crippen MR) is 82.5 cm³/mol. The molecule has 2 N–H and O–H groups in total. The number of nitrogens with one attached hydrogen (secondary N) is 2. The van der Waals surface area contributed by atoms with Crippen molar-refractivity contribution in [2.24, 2.45) is 0 Å². The van der Waals surface area contributed by atoms with Gasteiger partial charge in [-0.15, -0.1) is 11.3 Å². The SMILES string of the molecule is O=C(NCc1nc(C(F)F)no1)NCc1cc2c(s1)CCSC2. The molecule has 0 saturated heterocycles. The molecule has 0 unspecified atom stereocenters. The van der Waals surface area contributed by atoms with E-state index in [0.717, 1.165) is 22.8 Å². The lowest BCUT2D eigenvalue weighted by molar-refractivity contribution is 0.136. The van der Waals surface area contributed by atoms with Crippen LogP contribution in [0.25, 0.3) is 0 Å². The summed E-state index contributed by atoms with van der Waals surface area (Å²) < 4.78 is 29.2. The van der Waals surface area contributed by atoms with Crippen LogP contribution in [0, 0.1) is 0 Å². The van der Waals surface area contributed by atoms with Crippen molar-refractivity contribution in [1.82, 2.24) is 20.8 Å². The van der Waals surface area contributed by atoms with Gasteiger partial charge in [-0.3, -0.25) is 0 Å². The van der Waals surface area contributed by atoms with Crippen LogP contribution in [-0.2, 0) is 25.3 Å². The number of alkyl halides is 2. The van der Waals surface area contributed by atoms with Gasteiger partial charge in [0.2, 0.25) is 11.7 Å². The van der Waals surface area contributed by atoms with Crippen LogP contribution in [0.3, 0.4) is 0 Å². The van der Waals surface area contributed by atoms with Gasteiger partial charge in [-0.25, -0.2) is 13.6 Å². The van der Waals surface area contributed by atoms with Gasteiger partial charge in [0.05, 0.1) is 13.1 Å². The molecule has 0 radical (unpaired) electrons. The Morgan fingerprint density at radius 3 is 2.96 bits per heavy atom. The van der Waals surface area contributed by atoms with Gasteiger partial charge in [0, 0.05) is 15.5 Å². The van der Waals surface area contributed by atoms with Crippen molar-refractivity contribution in [3.05, 3.63) is 33.1 Å². The molecule has 23 heavy (non-hydrogen) atoms.